The quantitative estimate of drug-likeness (QED) is 0.274. The molecular weight excluding hydrogens is 491 g/mol. The van der Waals surface area contributed by atoms with Crippen LogP contribution in [0.2, 0.25) is 5.02 Å². The lowest BCUT2D eigenvalue weighted by atomic mass is 10.1. The molecule has 152 valence electrons. The van der Waals surface area contributed by atoms with Crippen LogP contribution < -0.4 is 14.8 Å². The molecule has 8 heteroatoms. The highest BCUT2D eigenvalue weighted by Crippen LogP contribution is 2.18. The van der Waals surface area contributed by atoms with Gasteiger partial charge in [0.1, 0.15) is 18.5 Å². The van der Waals surface area contributed by atoms with Gasteiger partial charge in [-0.2, -0.15) is 0 Å². The van der Waals surface area contributed by atoms with Gasteiger partial charge in [0.2, 0.25) is 5.88 Å². The maximum atomic E-state index is 6.05. The molecule has 1 aromatic heterocycles. The minimum Gasteiger partial charge on any atom is -0.490 e. The van der Waals surface area contributed by atoms with Crippen molar-refractivity contribution in [3.05, 3.63) is 53.7 Å². The zero-order chi connectivity index (χ0) is 18.9. The van der Waals surface area contributed by atoms with Crippen LogP contribution in [-0.2, 0) is 0 Å². The maximum absolute atomic E-state index is 6.05. The van der Waals surface area contributed by atoms with Crippen molar-refractivity contribution in [2.75, 3.05) is 33.3 Å². The van der Waals surface area contributed by atoms with Crippen molar-refractivity contribution in [1.82, 2.24) is 15.2 Å². The first-order valence-corrected chi connectivity index (χ1v) is 9.54. The first-order chi connectivity index (χ1) is 13.2. The summed E-state index contributed by atoms with van der Waals surface area (Å²) < 4.78 is 11.7. The summed E-state index contributed by atoms with van der Waals surface area (Å²) in [5.41, 5.74) is 0. The van der Waals surface area contributed by atoms with Gasteiger partial charge in [0.05, 0.1) is 11.6 Å². The summed E-state index contributed by atoms with van der Waals surface area (Å²) in [7, 11) is 1.80. The molecule has 3 rings (SSSR count). The minimum absolute atomic E-state index is 0. The molecule has 1 aromatic carbocycles. The van der Waals surface area contributed by atoms with Crippen molar-refractivity contribution in [3.8, 4) is 11.6 Å². The Morgan fingerprint density at radius 2 is 1.96 bits per heavy atom. The number of piperidine rings is 1. The smallest absolute Gasteiger partial charge is 0.213 e. The second-order valence-corrected chi connectivity index (χ2v) is 6.69. The zero-order valence-electron chi connectivity index (χ0n) is 15.9. The average Bonchev–Trinajstić information content (AvgIpc) is 2.71. The lowest BCUT2D eigenvalue weighted by Crippen LogP contribution is -2.48. The van der Waals surface area contributed by atoms with Crippen LogP contribution >= 0.6 is 35.6 Å². The van der Waals surface area contributed by atoms with Crippen LogP contribution in [0.3, 0.4) is 0 Å². The summed E-state index contributed by atoms with van der Waals surface area (Å²) in [6.07, 6.45) is 3.77. The van der Waals surface area contributed by atoms with E-state index in [1.807, 2.05) is 30.3 Å². The van der Waals surface area contributed by atoms with Gasteiger partial charge in [-0.3, -0.25) is 4.99 Å². The van der Waals surface area contributed by atoms with E-state index in [0.717, 1.165) is 37.6 Å². The molecule has 0 radical (unpaired) electrons. The zero-order valence-corrected chi connectivity index (χ0v) is 19.0. The number of pyridine rings is 1. The van der Waals surface area contributed by atoms with E-state index < -0.39 is 0 Å². The van der Waals surface area contributed by atoms with Crippen molar-refractivity contribution in [1.29, 1.82) is 0 Å². The topological polar surface area (TPSA) is 59.0 Å². The Kier molecular flexibility index (Phi) is 9.63. The third-order valence-electron chi connectivity index (χ3n) is 4.33. The molecule has 0 spiro atoms. The lowest BCUT2D eigenvalue weighted by Gasteiger charge is -2.34. The number of hydrogen-bond acceptors (Lipinski definition) is 4. The summed E-state index contributed by atoms with van der Waals surface area (Å²) in [5.74, 6) is 2.39. The van der Waals surface area contributed by atoms with Gasteiger partial charge in [0.15, 0.2) is 5.96 Å². The standard InChI is InChI=1S/C20H25ClN4O2.HI/c1-22-20(23-11-14-26-19-8-7-16(21)15-24-19)25-12-9-18(10-13-25)27-17-5-3-2-4-6-17;/h2-8,15,18H,9-14H2,1H3,(H,22,23);1H. The predicted molar refractivity (Wildman–Crippen MR) is 123 cm³/mol. The molecule has 0 aliphatic carbocycles. The number of hydrogen-bond donors (Lipinski definition) is 1. The first-order valence-electron chi connectivity index (χ1n) is 9.16. The Labute approximate surface area is 188 Å². The molecule has 1 aliphatic rings. The largest absolute Gasteiger partial charge is 0.490 e. The van der Waals surface area contributed by atoms with Gasteiger partial charge in [-0.25, -0.2) is 4.98 Å². The molecule has 6 nitrogen and oxygen atoms in total. The van der Waals surface area contributed by atoms with Crippen LogP contribution in [0.15, 0.2) is 53.7 Å². The van der Waals surface area contributed by atoms with Crippen molar-refractivity contribution in [3.63, 3.8) is 0 Å². The van der Waals surface area contributed by atoms with Gasteiger partial charge in [0, 0.05) is 45.2 Å². The molecule has 2 heterocycles. The van der Waals surface area contributed by atoms with Crippen LogP contribution in [0.25, 0.3) is 0 Å². The lowest BCUT2D eigenvalue weighted by molar-refractivity contribution is 0.129. The highest BCUT2D eigenvalue weighted by atomic mass is 127. The Balaban J connectivity index is 0.00000280. The van der Waals surface area contributed by atoms with Gasteiger partial charge in [0.25, 0.3) is 0 Å². The van der Waals surface area contributed by atoms with Gasteiger partial charge >= 0.3 is 0 Å². The Morgan fingerprint density at radius 3 is 2.61 bits per heavy atom. The number of aliphatic imine (C=N–C) groups is 1. The number of guanidine groups is 1. The number of aromatic nitrogens is 1. The Hall–Kier alpha value is -1.74. The van der Waals surface area contributed by atoms with E-state index in [1.165, 1.54) is 0 Å². The molecule has 1 saturated heterocycles. The number of ether oxygens (including phenoxy) is 2. The Bertz CT molecular complexity index is 723. The fraction of sp³-hybridized carbons (Fsp3) is 0.400. The van der Waals surface area contributed by atoms with Crippen LogP contribution in [0, 0.1) is 0 Å². The highest BCUT2D eigenvalue weighted by molar-refractivity contribution is 14.0. The Morgan fingerprint density at radius 1 is 1.21 bits per heavy atom. The predicted octanol–water partition coefficient (Wildman–Crippen LogP) is 3.85. The molecule has 0 unspecified atom stereocenters. The van der Waals surface area contributed by atoms with Crippen molar-refractivity contribution < 1.29 is 9.47 Å². The highest BCUT2D eigenvalue weighted by Gasteiger charge is 2.22. The number of benzene rings is 1. The van der Waals surface area contributed by atoms with Gasteiger partial charge in [-0.05, 0) is 18.2 Å². The molecule has 1 fully saturated rings. The molecule has 1 aliphatic heterocycles. The first kappa shape index (κ1) is 22.5. The number of nitrogens with one attached hydrogen (secondary N) is 1. The monoisotopic (exact) mass is 516 g/mol. The van der Waals surface area contributed by atoms with Crippen LogP contribution in [0.5, 0.6) is 11.6 Å². The molecule has 2 aromatic rings. The van der Waals surface area contributed by atoms with E-state index in [-0.39, 0.29) is 30.1 Å². The minimum atomic E-state index is 0. The molecule has 0 amide bonds. The van der Waals surface area contributed by atoms with E-state index in [2.05, 4.69) is 20.2 Å². The summed E-state index contributed by atoms with van der Waals surface area (Å²) in [5, 5.41) is 3.94. The number of rotatable bonds is 6. The van der Waals surface area contributed by atoms with Crippen molar-refractivity contribution in [2.45, 2.75) is 18.9 Å². The van der Waals surface area contributed by atoms with E-state index in [0.29, 0.717) is 24.1 Å². The van der Waals surface area contributed by atoms with Crippen LogP contribution in [-0.4, -0.2) is 55.2 Å². The van der Waals surface area contributed by atoms with Crippen LogP contribution in [0.4, 0.5) is 0 Å². The number of likely N-dealkylation sites (tertiary alicyclic amines) is 1. The van der Waals surface area contributed by atoms with E-state index in [4.69, 9.17) is 21.1 Å². The molecule has 0 saturated carbocycles. The van der Waals surface area contributed by atoms with E-state index in [1.54, 1.807) is 25.4 Å². The van der Waals surface area contributed by atoms with Crippen LogP contribution in [0.1, 0.15) is 12.8 Å². The van der Waals surface area contributed by atoms with Crippen molar-refractivity contribution >= 4 is 41.5 Å². The summed E-state index contributed by atoms with van der Waals surface area (Å²) in [6, 6.07) is 13.5. The fourth-order valence-electron chi connectivity index (χ4n) is 2.98. The molecule has 28 heavy (non-hydrogen) atoms. The third kappa shape index (κ3) is 7.01. The third-order valence-corrected chi connectivity index (χ3v) is 4.56. The summed E-state index contributed by atoms with van der Waals surface area (Å²) in [4.78, 5) is 10.7. The van der Waals surface area contributed by atoms with Gasteiger partial charge < -0.3 is 19.7 Å². The molecule has 0 bridgehead atoms. The normalized spacial score (nSPS) is 14.9. The average molecular weight is 517 g/mol. The van der Waals surface area contributed by atoms with E-state index in [9.17, 15) is 0 Å². The van der Waals surface area contributed by atoms with Gasteiger partial charge in [-0.1, -0.05) is 29.8 Å². The van der Waals surface area contributed by atoms with E-state index >= 15 is 0 Å². The SMILES string of the molecule is CN=C(NCCOc1ccc(Cl)cn1)N1CCC(Oc2ccccc2)CC1.I. The number of halogens is 2. The summed E-state index contributed by atoms with van der Waals surface area (Å²) in [6.45, 7) is 2.98. The fourth-order valence-corrected chi connectivity index (χ4v) is 3.09. The number of nitrogens with zero attached hydrogens (tertiary/aromatic N) is 3. The summed E-state index contributed by atoms with van der Waals surface area (Å²) >= 11 is 5.81. The second kappa shape index (κ2) is 12.0. The second-order valence-electron chi connectivity index (χ2n) is 6.25. The maximum Gasteiger partial charge on any atom is 0.213 e. The van der Waals surface area contributed by atoms with Crippen molar-refractivity contribution in [2.24, 2.45) is 4.99 Å². The molecular formula is C20H26ClIN4O2. The number of para-hydroxylation sites is 1. The molecule has 0 atom stereocenters. The molecule has 1 N–H and O–H groups in total. The van der Waals surface area contributed by atoms with Gasteiger partial charge in [-0.15, -0.1) is 24.0 Å².